The lowest BCUT2D eigenvalue weighted by atomic mass is 10.0. The van der Waals surface area contributed by atoms with E-state index in [9.17, 15) is 13.2 Å². The molecule has 6 nitrogen and oxygen atoms in total. The van der Waals surface area contributed by atoms with Gasteiger partial charge in [0, 0.05) is 22.8 Å². The van der Waals surface area contributed by atoms with Gasteiger partial charge >= 0.3 is 0 Å². The van der Waals surface area contributed by atoms with Crippen molar-refractivity contribution in [1.29, 1.82) is 0 Å². The molecule has 0 aliphatic rings. The molecule has 0 radical (unpaired) electrons. The number of aromatic nitrogens is 1. The van der Waals surface area contributed by atoms with E-state index in [1.807, 2.05) is 49.4 Å². The monoisotopic (exact) mass is 497 g/mol. The second kappa shape index (κ2) is 9.84. The Morgan fingerprint density at radius 1 is 1.03 bits per heavy atom. The molecular formula is C24H20ClN3O3S2. The highest BCUT2D eigenvalue weighted by Crippen LogP contribution is 2.26. The summed E-state index contributed by atoms with van der Waals surface area (Å²) in [4.78, 5) is 17.8. The van der Waals surface area contributed by atoms with Crippen LogP contribution in [0.15, 0.2) is 83.9 Å². The summed E-state index contributed by atoms with van der Waals surface area (Å²) >= 11 is 7.10. The zero-order chi connectivity index (χ0) is 23.4. The fourth-order valence-electron chi connectivity index (χ4n) is 3.16. The number of carbonyl (C=O) groups excluding carboxylic acids is 1. The average Bonchev–Trinajstić information content (AvgIpc) is 3.27. The first-order valence-electron chi connectivity index (χ1n) is 9.99. The molecule has 4 aromatic rings. The zero-order valence-corrected chi connectivity index (χ0v) is 20.0. The number of anilines is 2. The third kappa shape index (κ3) is 5.66. The summed E-state index contributed by atoms with van der Waals surface area (Å²) < 4.78 is 27.6. The molecule has 0 atom stereocenters. The normalized spacial score (nSPS) is 11.3. The van der Waals surface area contributed by atoms with Gasteiger partial charge in [0.15, 0.2) is 5.13 Å². The van der Waals surface area contributed by atoms with Crippen LogP contribution in [0, 0.1) is 6.92 Å². The molecule has 0 amide bonds. The standard InChI is InChI=1S/C24H20ClN3O3S2/c1-16-5-2-3-8-21(16)23(29)22-15-26-24(32-22)28-19-7-4-6-17(13-19)14-27-33(30,31)20-11-9-18(25)10-12-20/h2-13,15,27H,14H2,1H3,(H,26,28). The van der Waals surface area contributed by atoms with Crippen molar-refractivity contribution in [3.63, 3.8) is 0 Å². The molecule has 0 saturated carbocycles. The number of sulfonamides is 1. The van der Waals surface area contributed by atoms with Crippen molar-refractivity contribution in [1.82, 2.24) is 9.71 Å². The Bertz CT molecular complexity index is 1400. The predicted octanol–water partition coefficient (Wildman–Crippen LogP) is 5.56. The van der Waals surface area contributed by atoms with Gasteiger partial charge in [-0.25, -0.2) is 18.1 Å². The van der Waals surface area contributed by atoms with Crippen molar-refractivity contribution in [2.24, 2.45) is 0 Å². The molecule has 0 saturated heterocycles. The van der Waals surface area contributed by atoms with Crippen molar-refractivity contribution < 1.29 is 13.2 Å². The van der Waals surface area contributed by atoms with Crippen LogP contribution < -0.4 is 10.0 Å². The van der Waals surface area contributed by atoms with Crippen LogP contribution in [0.2, 0.25) is 5.02 Å². The van der Waals surface area contributed by atoms with E-state index < -0.39 is 10.0 Å². The lowest BCUT2D eigenvalue weighted by Crippen LogP contribution is -2.23. The maximum Gasteiger partial charge on any atom is 0.240 e. The number of aryl methyl sites for hydroxylation is 1. The molecule has 0 unspecified atom stereocenters. The summed E-state index contributed by atoms with van der Waals surface area (Å²) in [6, 6.07) is 20.8. The van der Waals surface area contributed by atoms with Crippen molar-refractivity contribution in [3.05, 3.63) is 106 Å². The number of ketones is 1. The van der Waals surface area contributed by atoms with Crippen molar-refractivity contribution in [2.45, 2.75) is 18.4 Å². The minimum atomic E-state index is -3.66. The summed E-state index contributed by atoms with van der Waals surface area (Å²) in [5, 5.41) is 4.23. The first kappa shape index (κ1) is 23.1. The van der Waals surface area contributed by atoms with Crippen LogP contribution >= 0.6 is 22.9 Å². The molecule has 1 heterocycles. The van der Waals surface area contributed by atoms with E-state index in [1.165, 1.54) is 35.6 Å². The first-order valence-corrected chi connectivity index (χ1v) is 12.7. The summed E-state index contributed by atoms with van der Waals surface area (Å²) in [5.41, 5.74) is 3.08. The van der Waals surface area contributed by atoms with E-state index in [4.69, 9.17) is 11.6 Å². The largest absolute Gasteiger partial charge is 0.332 e. The van der Waals surface area contributed by atoms with Crippen LogP contribution in [-0.2, 0) is 16.6 Å². The summed E-state index contributed by atoms with van der Waals surface area (Å²) in [6.45, 7) is 2.02. The Labute approximate surface area is 201 Å². The lowest BCUT2D eigenvalue weighted by Gasteiger charge is -2.09. The number of thiazole rings is 1. The first-order chi connectivity index (χ1) is 15.8. The molecule has 0 fully saturated rings. The van der Waals surface area contributed by atoms with Gasteiger partial charge in [-0.3, -0.25) is 4.79 Å². The maximum atomic E-state index is 12.8. The fourth-order valence-corrected chi connectivity index (χ4v) is 5.09. The van der Waals surface area contributed by atoms with Crippen molar-refractivity contribution in [2.75, 3.05) is 5.32 Å². The smallest absolute Gasteiger partial charge is 0.240 e. The molecule has 168 valence electrons. The summed E-state index contributed by atoms with van der Waals surface area (Å²) in [5.74, 6) is -0.0657. The molecule has 0 spiro atoms. The number of halogens is 1. The Morgan fingerprint density at radius 3 is 2.55 bits per heavy atom. The second-order valence-electron chi connectivity index (χ2n) is 7.28. The minimum absolute atomic E-state index is 0.0657. The number of carbonyl (C=O) groups is 1. The minimum Gasteiger partial charge on any atom is -0.332 e. The molecule has 33 heavy (non-hydrogen) atoms. The molecular weight excluding hydrogens is 478 g/mol. The topological polar surface area (TPSA) is 88.2 Å². The van der Waals surface area contributed by atoms with Gasteiger partial charge in [0.2, 0.25) is 15.8 Å². The number of benzene rings is 3. The summed E-state index contributed by atoms with van der Waals surface area (Å²) in [7, 11) is -3.66. The fraction of sp³-hybridized carbons (Fsp3) is 0.0833. The number of nitrogens with one attached hydrogen (secondary N) is 2. The number of hydrogen-bond acceptors (Lipinski definition) is 6. The van der Waals surface area contributed by atoms with Gasteiger partial charge in [-0.05, 0) is 54.4 Å². The van der Waals surface area contributed by atoms with Crippen LogP contribution in [0.4, 0.5) is 10.8 Å². The molecule has 0 aliphatic heterocycles. The van der Waals surface area contributed by atoms with Crippen LogP contribution in [0.25, 0.3) is 0 Å². The molecule has 0 bridgehead atoms. The Balaban J connectivity index is 1.43. The summed E-state index contributed by atoms with van der Waals surface area (Å²) in [6.07, 6.45) is 1.56. The third-order valence-corrected chi connectivity index (χ3v) is 7.47. The quantitative estimate of drug-likeness (QED) is 0.311. The Hall–Kier alpha value is -3.04. The van der Waals surface area contributed by atoms with Gasteiger partial charge in [-0.15, -0.1) is 0 Å². The molecule has 4 rings (SSSR count). The highest BCUT2D eigenvalue weighted by atomic mass is 35.5. The Kier molecular flexibility index (Phi) is 6.90. The van der Waals surface area contributed by atoms with Gasteiger partial charge in [0.05, 0.1) is 16.0 Å². The van der Waals surface area contributed by atoms with Crippen molar-refractivity contribution >= 4 is 49.6 Å². The molecule has 2 N–H and O–H groups in total. The lowest BCUT2D eigenvalue weighted by molar-refractivity contribution is 0.104. The Morgan fingerprint density at radius 2 is 1.79 bits per heavy atom. The van der Waals surface area contributed by atoms with Gasteiger partial charge in [-0.2, -0.15) is 0 Å². The third-order valence-electron chi connectivity index (χ3n) is 4.89. The van der Waals surface area contributed by atoms with Crippen LogP contribution in [-0.4, -0.2) is 19.2 Å². The van der Waals surface area contributed by atoms with E-state index >= 15 is 0 Å². The maximum absolute atomic E-state index is 12.8. The van der Waals surface area contributed by atoms with Gasteiger partial charge in [0.1, 0.15) is 0 Å². The van der Waals surface area contributed by atoms with E-state index in [2.05, 4.69) is 15.0 Å². The van der Waals surface area contributed by atoms with Gasteiger partial charge in [0.25, 0.3) is 0 Å². The number of nitrogens with zero attached hydrogens (tertiary/aromatic N) is 1. The van der Waals surface area contributed by atoms with Crippen LogP contribution in [0.5, 0.6) is 0 Å². The molecule has 1 aromatic heterocycles. The molecule has 3 aromatic carbocycles. The van der Waals surface area contributed by atoms with E-state index in [-0.39, 0.29) is 17.2 Å². The van der Waals surface area contributed by atoms with E-state index in [0.717, 1.165) is 16.8 Å². The zero-order valence-electron chi connectivity index (χ0n) is 17.6. The molecule has 0 aliphatic carbocycles. The van der Waals surface area contributed by atoms with E-state index in [1.54, 1.807) is 12.3 Å². The van der Waals surface area contributed by atoms with Crippen LogP contribution in [0.1, 0.15) is 26.4 Å². The highest BCUT2D eigenvalue weighted by Gasteiger charge is 2.16. The van der Waals surface area contributed by atoms with Gasteiger partial charge in [-0.1, -0.05) is 59.3 Å². The van der Waals surface area contributed by atoms with Gasteiger partial charge < -0.3 is 5.32 Å². The second-order valence-corrected chi connectivity index (χ2v) is 10.5. The number of rotatable bonds is 8. The predicted molar refractivity (Wildman–Crippen MR) is 132 cm³/mol. The highest BCUT2D eigenvalue weighted by molar-refractivity contribution is 7.89. The SMILES string of the molecule is Cc1ccccc1C(=O)c1cnc(Nc2cccc(CNS(=O)(=O)c3ccc(Cl)cc3)c2)s1. The number of hydrogen-bond donors (Lipinski definition) is 2. The molecule has 9 heteroatoms. The van der Waals surface area contributed by atoms with E-state index in [0.29, 0.717) is 20.6 Å². The average molecular weight is 498 g/mol. The van der Waals surface area contributed by atoms with Crippen LogP contribution in [0.3, 0.4) is 0 Å². The van der Waals surface area contributed by atoms with Crippen molar-refractivity contribution in [3.8, 4) is 0 Å².